The summed E-state index contributed by atoms with van der Waals surface area (Å²) in [5.74, 6) is 0.933. The molecule has 1 aromatic carbocycles. The first-order valence-corrected chi connectivity index (χ1v) is 8.26. The number of fused-ring (bicyclic) bond motifs is 2. The van der Waals surface area contributed by atoms with Crippen molar-refractivity contribution in [2.75, 3.05) is 5.32 Å². The molecule has 0 fully saturated rings. The van der Waals surface area contributed by atoms with E-state index in [9.17, 15) is 5.11 Å². The van der Waals surface area contributed by atoms with Crippen LogP contribution in [-0.2, 0) is 0 Å². The zero-order valence-electron chi connectivity index (χ0n) is 13.0. The maximum absolute atomic E-state index is 9.69. The molecular weight excluding hydrogens is 336 g/mol. The monoisotopic (exact) mass is 348 g/mol. The zero-order chi connectivity index (χ0) is 17.0. The van der Waals surface area contributed by atoms with E-state index in [0.29, 0.717) is 5.02 Å². The van der Waals surface area contributed by atoms with Crippen LogP contribution in [-0.4, -0.2) is 20.1 Å². The highest BCUT2D eigenvalue weighted by Gasteiger charge is 2.27. The van der Waals surface area contributed by atoms with Crippen LogP contribution in [0.5, 0.6) is 5.75 Å². The number of rotatable bonds is 1. The summed E-state index contributed by atoms with van der Waals surface area (Å²) in [5, 5.41) is 14.7. The number of aromatic hydroxyl groups is 1. The number of phenolic OH excluding ortho intramolecular Hbond substituents is 1. The minimum Gasteiger partial charge on any atom is -0.508 e. The van der Waals surface area contributed by atoms with E-state index in [4.69, 9.17) is 11.6 Å². The van der Waals surface area contributed by atoms with E-state index in [1.807, 2.05) is 30.5 Å². The third-order valence-corrected chi connectivity index (χ3v) is 4.92. The molecule has 0 aliphatic carbocycles. The van der Waals surface area contributed by atoms with Crippen LogP contribution in [0.1, 0.15) is 17.2 Å². The van der Waals surface area contributed by atoms with Crippen LogP contribution in [0.25, 0.3) is 22.2 Å². The second kappa shape index (κ2) is 5.22. The van der Waals surface area contributed by atoms with E-state index in [2.05, 4.69) is 20.3 Å². The molecule has 4 heterocycles. The number of nitrogens with one attached hydrogen (secondary N) is 2. The lowest BCUT2D eigenvalue weighted by Gasteiger charge is -2.20. The van der Waals surface area contributed by atoms with E-state index < -0.39 is 0 Å². The third kappa shape index (κ3) is 2.09. The van der Waals surface area contributed by atoms with Gasteiger partial charge in [-0.05, 0) is 41.5 Å². The van der Waals surface area contributed by atoms with Crippen molar-refractivity contribution in [3.63, 3.8) is 0 Å². The molecule has 122 valence electrons. The smallest absolute Gasteiger partial charge is 0.138 e. The Hall–Kier alpha value is -3.05. The van der Waals surface area contributed by atoms with Gasteiger partial charge in [0.05, 0.1) is 6.04 Å². The van der Waals surface area contributed by atoms with Gasteiger partial charge in [0.25, 0.3) is 0 Å². The van der Waals surface area contributed by atoms with Gasteiger partial charge in [-0.3, -0.25) is 0 Å². The molecule has 0 amide bonds. The quantitative estimate of drug-likeness (QED) is 0.473. The summed E-state index contributed by atoms with van der Waals surface area (Å²) in [7, 11) is 0. The Kier molecular flexibility index (Phi) is 2.99. The lowest BCUT2D eigenvalue weighted by Crippen LogP contribution is -2.12. The van der Waals surface area contributed by atoms with Gasteiger partial charge in [-0.1, -0.05) is 17.7 Å². The van der Waals surface area contributed by atoms with Crippen molar-refractivity contribution in [3.05, 3.63) is 71.1 Å². The van der Waals surface area contributed by atoms with Gasteiger partial charge in [-0.2, -0.15) is 0 Å². The van der Waals surface area contributed by atoms with Gasteiger partial charge in [0.2, 0.25) is 0 Å². The molecule has 1 aliphatic heterocycles. The molecular formula is C19H13ClN4O. The number of phenols is 1. The molecule has 0 unspecified atom stereocenters. The first-order valence-electron chi connectivity index (χ1n) is 7.88. The molecule has 0 saturated carbocycles. The van der Waals surface area contributed by atoms with Gasteiger partial charge in [-0.15, -0.1) is 0 Å². The molecule has 1 aliphatic rings. The van der Waals surface area contributed by atoms with Crippen LogP contribution >= 0.6 is 11.6 Å². The van der Waals surface area contributed by atoms with Crippen LogP contribution in [0.4, 0.5) is 5.82 Å². The number of halogens is 1. The van der Waals surface area contributed by atoms with Gasteiger partial charge in [0.1, 0.15) is 17.2 Å². The number of hydrogen-bond acceptors (Lipinski definition) is 4. The van der Waals surface area contributed by atoms with Crippen molar-refractivity contribution in [1.29, 1.82) is 0 Å². The molecule has 4 aromatic rings. The fraction of sp³-hybridized carbons (Fsp3) is 0.0526. The number of aromatic amines is 1. The fourth-order valence-electron chi connectivity index (χ4n) is 3.48. The highest BCUT2D eigenvalue weighted by atomic mass is 35.5. The lowest BCUT2D eigenvalue weighted by atomic mass is 9.97. The second-order valence-corrected chi connectivity index (χ2v) is 6.42. The van der Waals surface area contributed by atoms with Crippen LogP contribution < -0.4 is 5.32 Å². The van der Waals surface area contributed by atoms with Gasteiger partial charge in [-0.25, -0.2) is 9.97 Å². The molecule has 0 saturated heterocycles. The number of anilines is 1. The molecule has 6 heteroatoms. The van der Waals surface area contributed by atoms with Crippen molar-refractivity contribution < 1.29 is 5.11 Å². The molecule has 5 nitrogen and oxygen atoms in total. The Morgan fingerprint density at radius 3 is 2.80 bits per heavy atom. The number of pyridine rings is 2. The minimum absolute atomic E-state index is 0.141. The first kappa shape index (κ1) is 14.3. The molecule has 3 N–H and O–H groups in total. The van der Waals surface area contributed by atoms with E-state index in [1.165, 1.54) is 0 Å². The van der Waals surface area contributed by atoms with Crippen LogP contribution in [0.2, 0.25) is 5.02 Å². The summed E-state index contributed by atoms with van der Waals surface area (Å²) >= 11 is 6.43. The Morgan fingerprint density at radius 1 is 1.00 bits per heavy atom. The van der Waals surface area contributed by atoms with Crippen molar-refractivity contribution in [2.45, 2.75) is 6.04 Å². The highest BCUT2D eigenvalue weighted by molar-refractivity contribution is 6.31. The number of benzene rings is 1. The number of hydrogen-bond donors (Lipinski definition) is 3. The summed E-state index contributed by atoms with van der Waals surface area (Å²) < 4.78 is 0. The average molecular weight is 349 g/mol. The Balaban J connectivity index is 1.85. The Labute approximate surface area is 148 Å². The van der Waals surface area contributed by atoms with E-state index in [1.54, 1.807) is 24.5 Å². The average Bonchev–Trinajstić information content (AvgIpc) is 2.98. The van der Waals surface area contributed by atoms with Gasteiger partial charge >= 0.3 is 0 Å². The largest absolute Gasteiger partial charge is 0.508 e. The van der Waals surface area contributed by atoms with Gasteiger partial charge in [0, 0.05) is 40.1 Å². The predicted molar refractivity (Wildman–Crippen MR) is 97.9 cm³/mol. The molecule has 25 heavy (non-hydrogen) atoms. The number of aromatic nitrogens is 3. The summed E-state index contributed by atoms with van der Waals surface area (Å²) in [5.41, 5.74) is 4.84. The molecule has 5 rings (SSSR count). The summed E-state index contributed by atoms with van der Waals surface area (Å²) in [6, 6.07) is 10.8. The molecule has 0 radical (unpaired) electrons. The Bertz CT molecular complexity index is 1120. The molecule has 0 bridgehead atoms. The number of nitrogens with zero attached hydrogens (tertiary/aromatic N) is 2. The van der Waals surface area contributed by atoms with Crippen LogP contribution in [0, 0.1) is 0 Å². The topological polar surface area (TPSA) is 73.8 Å². The predicted octanol–water partition coefficient (Wildman–Crippen LogP) is 4.50. The van der Waals surface area contributed by atoms with E-state index in [-0.39, 0.29) is 11.8 Å². The standard InChI is InChI=1S/C19H13ClN4O/c20-15-8-10(25)3-4-13(15)17-14-9-23-19-16(14)11(5-7-22-19)12-2-1-6-21-18(12)24-17/h1-9,17,25H,(H,21,24)(H,22,23)/t17-/m0/s1. The van der Waals surface area contributed by atoms with Crippen molar-refractivity contribution >= 4 is 28.5 Å². The molecule has 0 spiro atoms. The molecule has 1 atom stereocenters. The van der Waals surface area contributed by atoms with Gasteiger partial charge in [0.15, 0.2) is 0 Å². The SMILES string of the molecule is Oc1ccc([C@@H]2Nc3ncccc3-c3ccnc4[nH]cc2c34)c(Cl)c1. The fourth-order valence-corrected chi connectivity index (χ4v) is 3.77. The van der Waals surface area contributed by atoms with Crippen molar-refractivity contribution in [1.82, 2.24) is 15.0 Å². The number of H-pyrrole nitrogens is 1. The lowest BCUT2D eigenvalue weighted by molar-refractivity contribution is 0.475. The molecule has 3 aromatic heterocycles. The second-order valence-electron chi connectivity index (χ2n) is 6.01. The third-order valence-electron chi connectivity index (χ3n) is 4.59. The Morgan fingerprint density at radius 2 is 1.92 bits per heavy atom. The summed E-state index contributed by atoms with van der Waals surface area (Å²) in [6.07, 6.45) is 5.51. The van der Waals surface area contributed by atoms with E-state index in [0.717, 1.165) is 39.1 Å². The zero-order valence-corrected chi connectivity index (χ0v) is 13.7. The van der Waals surface area contributed by atoms with Crippen LogP contribution in [0.3, 0.4) is 0 Å². The minimum atomic E-state index is -0.207. The summed E-state index contributed by atoms with van der Waals surface area (Å²) in [4.78, 5) is 12.2. The van der Waals surface area contributed by atoms with Crippen LogP contribution in [0.15, 0.2) is 55.0 Å². The van der Waals surface area contributed by atoms with Gasteiger partial charge < -0.3 is 15.4 Å². The van der Waals surface area contributed by atoms with Crippen molar-refractivity contribution in [2.24, 2.45) is 0 Å². The summed E-state index contributed by atoms with van der Waals surface area (Å²) in [6.45, 7) is 0. The van der Waals surface area contributed by atoms with E-state index >= 15 is 0 Å². The first-order chi connectivity index (χ1) is 12.2. The maximum Gasteiger partial charge on any atom is 0.138 e. The normalized spacial score (nSPS) is 15.5. The highest BCUT2D eigenvalue weighted by Crippen LogP contribution is 2.44. The maximum atomic E-state index is 9.69. The van der Waals surface area contributed by atoms with Crippen molar-refractivity contribution in [3.8, 4) is 16.9 Å².